The van der Waals surface area contributed by atoms with Crippen molar-refractivity contribution in [3.8, 4) is 17.3 Å². The second-order valence-corrected chi connectivity index (χ2v) is 9.97. The second kappa shape index (κ2) is 10.5. The lowest BCUT2D eigenvalue weighted by Gasteiger charge is -2.37. The highest BCUT2D eigenvalue weighted by Gasteiger charge is 2.35. The number of piperazine rings is 1. The molecule has 1 aromatic carbocycles. The standard InChI is InChI=1S/C26H27ClF3N7O2/c1-3-22(38)36-8-10-37(11-9-36)24-17-12-19(27)16(23-18(26(28,29)30)4-5-21(31)33-23)13-20(17)32-25(34-24)39-14-15-6-7-35(15)2/h3-5,12-13,15H,1,6-11,14H2,2H3,(H2,31,33)/t15-/m1/s1. The molecule has 9 nitrogen and oxygen atoms in total. The molecule has 1 atom stereocenters. The Balaban J connectivity index is 1.58. The molecule has 2 aromatic heterocycles. The van der Waals surface area contributed by atoms with Crippen molar-refractivity contribution < 1.29 is 22.7 Å². The average Bonchev–Trinajstić information content (AvgIpc) is 2.90. The Morgan fingerprint density at radius 3 is 2.54 bits per heavy atom. The van der Waals surface area contributed by atoms with Crippen LogP contribution in [0.2, 0.25) is 5.02 Å². The Morgan fingerprint density at radius 1 is 1.18 bits per heavy atom. The SMILES string of the molecule is C=CC(=O)N1CCN(c2nc(OC[C@H]3CCN3C)nc3cc(-c4nc(N)ccc4C(F)(F)F)c(Cl)cc23)CC1. The van der Waals surface area contributed by atoms with Crippen molar-refractivity contribution in [3.05, 3.63) is 47.5 Å². The van der Waals surface area contributed by atoms with Crippen molar-refractivity contribution in [3.63, 3.8) is 0 Å². The topological polar surface area (TPSA) is 101 Å². The molecule has 0 aliphatic carbocycles. The molecule has 2 aliphatic rings. The molecular weight excluding hydrogens is 535 g/mol. The van der Waals surface area contributed by atoms with Gasteiger partial charge in [0.05, 0.1) is 21.8 Å². The van der Waals surface area contributed by atoms with Crippen molar-refractivity contribution in [2.75, 3.05) is 57.0 Å². The van der Waals surface area contributed by atoms with Gasteiger partial charge in [-0.2, -0.15) is 23.1 Å². The van der Waals surface area contributed by atoms with Crippen molar-refractivity contribution in [2.45, 2.75) is 18.6 Å². The first-order valence-corrected chi connectivity index (χ1v) is 12.8. The lowest BCUT2D eigenvalue weighted by Crippen LogP contribution is -2.49. The summed E-state index contributed by atoms with van der Waals surface area (Å²) in [5.41, 5.74) is 4.79. The number of anilines is 2. The number of benzene rings is 1. The predicted octanol–water partition coefficient (Wildman–Crippen LogP) is 3.86. The minimum atomic E-state index is -4.67. The number of likely N-dealkylation sites (tertiary alicyclic amines) is 1. The van der Waals surface area contributed by atoms with Crippen LogP contribution in [0.5, 0.6) is 6.01 Å². The minimum Gasteiger partial charge on any atom is -0.462 e. The van der Waals surface area contributed by atoms with Crippen LogP contribution in [-0.4, -0.2) is 83.1 Å². The third-order valence-corrected chi connectivity index (χ3v) is 7.44. The molecule has 2 saturated heterocycles. The van der Waals surface area contributed by atoms with Gasteiger partial charge in [-0.1, -0.05) is 18.2 Å². The first kappa shape index (κ1) is 26.9. The number of likely N-dealkylation sites (N-methyl/N-ethyl adjacent to an activating group) is 1. The highest BCUT2D eigenvalue weighted by atomic mass is 35.5. The van der Waals surface area contributed by atoms with Gasteiger partial charge in [0.2, 0.25) is 5.91 Å². The molecule has 2 fully saturated rings. The number of halogens is 4. The Labute approximate surface area is 228 Å². The molecule has 39 heavy (non-hydrogen) atoms. The number of amides is 1. The summed E-state index contributed by atoms with van der Waals surface area (Å²) in [6.45, 7) is 6.75. The number of nitrogen functional groups attached to an aromatic ring is 1. The summed E-state index contributed by atoms with van der Waals surface area (Å²) < 4.78 is 47.4. The van der Waals surface area contributed by atoms with E-state index in [4.69, 9.17) is 22.1 Å². The van der Waals surface area contributed by atoms with Gasteiger partial charge in [-0.25, -0.2) is 4.98 Å². The van der Waals surface area contributed by atoms with E-state index in [9.17, 15) is 18.0 Å². The molecule has 0 unspecified atom stereocenters. The normalized spacial score (nSPS) is 18.2. The Morgan fingerprint density at radius 2 is 1.92 bits per heavy atom. The van der Waals surface area contributed by atoms with Crippen LogP contribution in [0, 0.1) is 0 Å². The van der Waals surface area contributed by atoms with E-state index >= 15 is 0 Å². The molecule has 2 aliphatic heterocycles. The number of hydrogen-bond donors (Lipinski definition) is 1. The maximum atomic E-state index is 13.8. The van der Waals surface area contributed by atoms with Gasteiger partial charge in [0.1, 0.15) is 18.2 Å². The number of aromatic nitrogens is 3. The van der Waals surface area contributed by atoms with Gasteiger partial charge in [0, 0.05) is 43.2 Å². The molecule has 0 spiro atoms. The number of hydrogen-bond acceptors (Lipinski definition) is 8. The van der Waals surface area contributed by atoms with E-state index in [1.807, 2.05) is 11.9 Å². The van der Waals surface area contributed by atoms with Gasteiger partial charge in [-0.05, 0) is 50.4 Å². The zero-order valence-electron chi connectivity index (χ0n) is 21.2. The average molecular weight is 562 g/mol. The van der Waals surface area contributed by atoms with Gasteiger partial charge in [-0.15, -0.1) is 0 Å². The van der Waals surface area contributed by atoms with E-state index < -0.39 is 11.7 Å². The largest absolute Gasteiger partial charge is 0.462 e. The summed E-state index contributed by atoms with van der Waals surface area (Å²) in [4.78, 5) is 31.0. The quantitative estimate of drug-likeness (QED) is 0.453. The van der Waals surface area contributed by atoms with Crippen molar-refractivity contribution in [2.24, 2.45) is 0 Å². The Kier molecular flexibility index (Phi) is 7.25. The number of fused-ring (bicyclic) bond motifs is 1. The second-order valence-electron chi connectivity index (χ2n) is 9.56. The number of nitrogens with two attached hydrogens (primary N) is 1. The third-order valence-electron chi connectivity index (χ3n) is 7.13. The number of carbonyl (C=O) groups excluding carboxylic acids is 1. The maximum absolute atomic E-state index is 13.8. The van der Waals surface area contributed by atoms with Crippen molar-refractivity contribution in [1.29, 1.82) is 0 Å². The van der Waals surface area contributed by atoms with E-state index in [0.717, 1.165) is 25.1 Å². The van der Waals surface area contributed by atoms with Crippen LogP contribution in [0.1, 0.15) is 12.0 Å². The summed E-state index contributed by atoms with van der Waals surface area (Å²) >= 11 is 6.57. The fourth-order valence-electron chi connectivity index (χ4n) is 4.73. The van der Waals surface area contributed by atoms with Gasteiger partial charge in [0.15, 0.2) is 0 Å². The monoisotopic (exact) mass is 561 g/mol. The number of pyridine rings is 1. The number of rotatable bonds is 6. The van der Waals surface area contributed by atoms with Crippen LogP contribution < -0.4 is 15.4 Å². The van der Waals surface area contributed by atoms with Gasteiger partial charge in [-0.3, -0.25) is 9.69 Å². The van der Waals surface area contributed by atoms with Crippen LogP contribution >= 0.6 is 11.6 Å². The van der Waals surface area contributed by atoms with Crippen LogP contribution in [0.25, 0.3) is 22.2 Å². The molecule has 3 aromatic rings. The van der Waals surface area contributed by atoms with Crippen molar-refractivity contribution in [1.82, 2.24) is 24.8 Å². The molecule has 1 amide bonds. The Bertz CT molecular complexity index is 1430. The summed E-state index contributed by atoms with van der Waals surface area (Å²) in [7, 11) is 2.00. The number of nitrogens with zero attached hydrogens (tertiary/aromatic N) is 6. The lowest BCUT2D eigenvalue weighted by molar-refractivity contribution is -0.137. The third kappa shape index (κ3) is 5.44. The summed E-state index contributed by atoms with van der Waals surface area (Å²) in [5, 5.41) is 0.582. The van der Waals surface area contributed by atoms with Crippen LogP contribution in [-0.2, 0) is 11.0 Å². The molecule has 4 heterocycles. The zero-order valence-corrected chi connectivity index (χ0v) is 22.0. The summed E-state index contributed by atoms with van der Waals surface area (Å²) in [6.07, 6.45) is -2.41. The first-order chi connectivity index (χ1) is 18.5. The fraction of sp³-hybridized carbons (Fsp3) is 0.385. The van der Waals surface area contributed by atoms with Gasteiger partial charge >= 0.3 is 12.2 Å². The van der Waals surface area contributed by atoms with E-state index in [0.29, 0.717) is 49.5 Å². The Hall–Kier alpha value is -3.64. The fourth-order valence-corrected chi connectivity index (χ4v) is 4.98. The van der Waals surface area contributed by atoms with Crippen LogP contribution in [0.4, 0.5) is 24.8 Å². The smallest absolute Gasteiger partial charge is 0.418 e. The van der Waals surface area contributed by atoms with E-state index in [1.54, 1.807) is 4.90 Å². The molecule has 0 radical (unpaired) electrons. The van der Waals surface area contributed by atoms with E-state index in [-0.39, 0.29) is 40.1 Å². The molecule has 13 heteroatoms. The van der Waals surface area contributed by atoms with Crippen LogP contribution in [0.3, 0.4) is 0 Å². The highest BCUT2D eigenvalue weighted by molar-refractivity contribution is 6.34. The number of carbonyl (C=O) groups is 1. The zero-order chi connectivity index (χ0) is 27.9. The van der Waals surface area contributed by atoms with Crippen molar-refractivity contribution >= 4 is 40.0 Å². The van der Waals surface area contributed by atoms with E-state index in [2.05, 4.69) is 26.4 Å². The molecule has 5 rings (SSSR count). The van der Waals surface area contributed by atoms with Gasteiger partial charge in [0.25, 0.3) is 0 Å². The minimum absolute atomic E-state index is 0.0412. The van der Waals surface area contributed by atoms with Gasteiger partial charge < -0.3 is 20.3 Å². The first-order valence-electron chi connectivity index (χ1n) is 12.4. The maximum Gasteiger partial charge on any atom is 0.418 e. The summed E-state index contributed by atoms with van der Waals surface area (Å²) in [6, 6.07) is 5.32. The van der Waals surface area contributed by atoms with E-state index in [1.165, 1.54) is 18.2 Å². The molecule has 2 N–H and O–H groups in total. The van der Waals surface area contributed by atoms with Crippen LogP contribution in [0.15, 0.2) is 36.9 Å². The predicted molar refractivity (Wildman–Crippen MR) is 143 cm³/mol. The number of ether oxygens (including phenoxy) is 1. The molecule has 0 bridgehead atoms. The summed E-state index contributed by atoms with van der Waals surface area (Å²) in [5.74, 6) is 0.296. The molecule has 206 valence electrons. The molecular formula is C26H27ClF3N7O2. The highest BCUT2D eigenvalue weighted by Crippen LogP contribution is 2.41. The number of alkyl halides is 3. The molecule has 0 saturated carbocycles. The lowest BCUT2D eigenvalue weighted by atomic mass is 10.0.